The zero-order chi connectivity index (χ0) is 20.3. The number of amides is 2. The topological polar surface area (TPSA) is 49.4 Å². The summed E-state index contributed by atoms with van der Waals surface area (Å²) in [5.74, 6) is -0.831. The molecular weight excluding hydrogens is 393 g/mol. The van der Waals surface area contributed by atoms with E-state index in [4.69, 9.17) is 11.6 Å². The van der Waals surface area contributed by atoms with Crippen LogP contribution in [0.3, 0.4) is 0 Å². The lowest BCUT2D eigenvalue weighted by Crippen LogP contribution is -2.36. The van der Waals surface area contributed by atoms with E-state index in [1.54, 1.807) is 17.0 Å². The van der Waals surface area contributed by atoms with Gasteiger partial charge in [-0.05, 0) is 61.7 Å². The highest BCUT2D eigenvalue weighted by molar-refractivity contribution is 6.31. The van der Waals surface area contributed by atoms with E-state index in [1.807, 2.05) is 0 Å². The van der Waals surface area contributed by atoms with Gasteiger partial charge in [0.25, 0.3) is 11.8 Å². The molecule has 28 heavy (non-hydrogen) atoms. The van der Waals surface area contributed by atoms with E-state index in [0.29, 0.717) is 23.7 Å². The maximum atomic E-state index is 12.8. The third kappa shape index (κ3) is 4.65. The average molecular weight is 411 g/mol. The molecule has 2 amide bonds. The molecule has 0 aromatic heterocycles. The molecule has 8 heteroatoms. The van der Waals surface area contributed by atoms with Crippen LogP contribution in [0.25, 0.3) is 0 Å². The van der Waals surface area contributed by atoms with Crippen LogP contribution in [0, 0.1) is 0 Å². The summed E-state index contributed by atoms with van der Waals surface area (Å²) in [5, 5.41) is 2.93. The lowest BCUT2D eigenvalue weighted by atomic mass is 10.1. The lowest BCUT2D eigenvalue weighted by molar-refractivity contribution is -0.137. The van der Waals surface area contributed by atoms with Gasteiger partial charge in [-0.25, -0.2) is 0 Å². The molecule has 1 aliphatic heterocycles. The first kappa shape index (κ1) is 20.2. The summed E-state index contributed by atoms with van der Waals surface area (Å²) >= 11 is 6.01. The van der Waals surface area contributed by atoms with E-state index in [-0.39, 0.29) is 17.2 Å². The van der Waals surface area contributed by atoms with Crippen molar-refractivity contribution in [2.75, 3.05) is 18.4 Å². The fourth-order valence-electron chi connectivity index (χ4n) is 3.08. The largest absolute Gasteiger partial charge is 0.416 e. The van der Waals surface area contributed by atoms with E-state index < -0.39 is 17.6 Å². The Labute approximate surface area is 165 Å². The molecule has 1 saturated heterocycles. The number of hydrogen-bond donors (Lipinski definition) is 1. The first-order valence-electron chi connectivity index (χ1n) is 8.83. The number of hydrogen-bond acceptors (Lipinski definition) is 2. The second-order valence-corrected chi connectivity index (χ2v) is 7.01. The van der Waals surface area contributed by atoms with Gasteiger partial charge in [0, 0.05) is 23.7 Å². The van der Waals surface area contributed by atoms with Crippen molar-refractivity contribution < 1.29 is 22.8 Å². The number of carbonyl (C=O) groups is 2. The van der Waals surface area contributed by atoms with Crippen molar-refractivity contribution in [1.29, 1.82) is 0 Å². The van der Waals surface area contributed by atoms with Gasteiger partial charge in [-0.1, -0.05) is 11.6 Å². The van der Waals surface area contributed by atoms with Crippen molar-refractivity contribution >= 4 is 29.1 Å². The van der Waals surface area contributed by atoms with Crippen molar-refractivity contribution in [2.24, 2.45) is 0 Å². The Balaban J connectivity index is 1.82. The number of nitrogens with one attached hydrogen (secondary N) is 1. The standard InChI is InChI=1S/C20H18ClF3N2O2/c21-15-8-9-16(19(28)26-10-2-1-3-11-26)17(12-15)25-18(27)13-4-6-14(7-5-13)20(22,23)24/h4-9,12H,1-3,10-11H2,(H,25,27). The Bertz CT molecular complexity index is 876. The summed E-state index contributed by atoms with van der Waals surface area (Å²) in [4.78, 5) is 27.0. The van der Waals surface area contributed by atoms with Crippen molar-refractivity contribution in [3.05, 3.63) is 64.2 Å². The summed E-state index contributed by atoms with van der Waals surface area (Å²) in [6.45, 7) is 1.29. The van der Waals surface area contributed by atoms with Gasteiger partial charge in [0.2, 0.25) is 0 Å². The Hall–Kier alpha value is -2.54. The first-order chi connectivity index (χ1) is 13.3. The zero-order valence-electron chi connectivity index (χ0n) is 14.9. The number of carbonyl (C=O) groups excluding carboxylic acids is 2. The number of rotatable bonds is 3. The SMILES string of the molecule is O=C(Nc1cc(Cl)ccc1C(=O)N1CCCCC1)c1ccc(C(F)(F)F)cc1. The molecule has 0 atom stereocenters. The third-order valence-corrected chi connectivity index (χ3v) is 4.81. The minimum atomic E-state index is -4.48. The molecule has 1 N–H and O–H groups in total. The van der Waals surface area contributed by atoms with Gasteiger partial charge in [0.05, 0.1) is 16.8 Å². The minimum Gasteiger partial charge on any atom is -0.339 e. The second kappa shape index (κ2) is 8.22. The van der Waals surface area contributed by atoms with Crippen LogP contribution in [0.4, 0.5) is 18.9 Å². The summed E-state index contributed by atoms with van der Waals surface area (Å²) in [6.07, 6.45) is -1.56. The van der Waals surface area contributed by atoms with Crippen molar-refractivity contribution in [3.63, 3.8) is 0 Å². The van der Waals surface area contributed by atoms with E-state index >= 15 is 0 Å². The summed E-state index contributed by atoms with van der Waals surface area (Å²) in [6, 6.07) is 8.43. The Morgan fingerprint density at radius 1 is 0.964 bits per heavy atom. The summed E-state index contributed by atoms with van der Waals surface area (Å²) in [5.41, 5.74) is -0.267. The van der Waals surface area contributed by atoms with Crippen molar-refractivity contribution in [1.82, 2.24) is 4.90 Å². The Morgan fingerprint density at radius 2 is 1.61 bits per heavy atom. The Kier molecular flexibility index (Phi) is 5.93. The molecule has 0 spiro atoms. The lowest BCUT2D eigenvalue weighted by Gasteiger charge is -2.27. The van der Waals surface area contributed by atoms with Gasteiger partial charge in [0.1, 0.15) is 0 Å². The highest BCUT2D eigenvalue weighted by Gasteiger charge is 2.30. The quantitative estimate of drug-likeness (QED) is 0.752. The van der Waals surface area contributed by atoms with Crippen LogP contribution in [0.1, 0.15) is 45.5 Å². The maximum Gasteiger partial charge on any atom is 0.416 e. The molecule has 1 heterocycles. The molecule has 0 radical (unpaired) electrons. The highest BCUT2D eigenvalue weighted by atomic mass is 35.5. The number of nitrogens with zero attached hydrogens (tertiary/aromatic N) is 1. The first-order valence-corrected chi connectivity index (χ1v) is 9.21. The van der Waals surface area contributed by atoms with E-state index in [2.05, 4.69) is 5.32 Å². The highest BCUT2D eigenvalue weighted by Crippen LogP contribution is 2.29. The van der Waals surface area contributed by atoms with Crippen molar-refractivity contribution in [2.45, 2.75) is 25.4 Å². The molecule has 148 valence electrons. The Morgan fingerprint density at radius 3 is 2.21 bits per heavy atom. The van der Waals surface area contributed by atoms with Crippen LogP contribution >= 0.6 is 11.6 Å². The molecule has 0 unspecified atom stereocenters. The van der Waals surface area contributed by atoms with Gasteiger partial charge < -0.3 is 10.2 Å². The third-order valence-electron chi connectivity index (χ3n) is 4.58. The zero-order valence-corrected chi connectivity index (χ0v) is 15.6. The van der Waals surface area contributed by atoms with E-state index in [0.717, 1.165) is 43.5 Å². The number of piperidine rings is 1. The number of benzene rings is 2. The van der Waals surface area contributed by atoms with Crippen LogP contribution in [-0.4, -0.2) is 29.8 Å². The van der Waals surface area contributed by atoms with Gasteiger partial charge in [-0.3, -0.25) is 9.59 Å². The molecule has 2 aromatic rings. The maximum absolute atomic E-state index is 12.8. The number of alkyl halides is 3. The van der Waals surface area contributed by atoms with Gasteiger partial charge in [-0.15, -0.1) is 0 Å². The van der Waals surface area contributed by atoms with E-state index in [1.165, 1.54) is 6.07 Å². The summed E-state index contributed by atoms with van der Waals surface area (Å²) < 4.78 is 38.0. The number of anilines is 1. The van der Waals surface area contributed by atoms with Crippen LogP contribution in [0.2, 0.25) is 5.02 Å². The normalized spacial score (nSPS) is 14.6. The number of halogens is 4. The van der Waals surface area contributed by atoms with Crippen molar-refractivity contribution in [3.8, 4) is 0 Å². The van der Waals surface area contributed by atoms with Gasteiger partial charge in [0.15, 0.2) is 0 Å². The molecule has 3 rings (SSSR count). The average Bonchev–Trinajstić information content (AvgIpc) is 2.68. The smallest absolute Gasteiger partial charge is 0.339 e. The van der Waals surface area contributed by atoms with Gasteiger partial charge in [-0.2, -0.15) is 13.2 Å². The monoisotopic (exact) mass is 410 g/mol. The molecule has 0 saturated carbocycles. The van der Waals surface area contributed by atoms with Crippen LogP contribution in [0.5, 0.6) is 0 Å². The summed E-state index contributed by atoms with van der Waals surface area (Å²) in [7, 11) is 0. The number of likely N-dealkylation sites (tertiary alicyclic amines) is 1. The second-order valence-electron chi connectivity index (χ2n) is 6.57. The molecule has 4 nitrogen and oxygen atoms in total. The minimum absolute atomic E-state index is 0.0457. The van der Waals surface area contributed by atoms with Gasteiger partial charge >= 0.3 is 6.18 Å². The fraction of sp³-hybridized carbons (Fsp3) is 0.300. The molecule has 0 aliphatic carbocycles. The van der Waals surface area contributed by atoms with Crippen LogP contribution < -0.4 is 5.32 Å². The molecule has 2 aromatic carbocycles. The fourth-order valence-corrected chi connectivity index (χ4v) is 3.25. The van der Waals surface area contributed by atoms with Crippen LogP contribution in [-0.2, 0) is 6.18 Å². The molecule has 0 bridgehead atoms. The molecule has 1 aliphatic rings. The predicted molar refractivity (Wildman–Crippen MR) is 101 cm³/mol. The molecular formula is C20H18ClF3N2O2. The molecule has 1 fully saturated rings. The predicted octanol–water partition coefficient (Wildman–Crippen LogP) is 5.24. The van der Waals surface area contributed by atoms with Crippen LogP contribution in [0.15, 0.2) is 42.5 Å². The van der Waals surface area contributed by atoms with E-state index in [9.17, 15) is 22.8 Å².